The third-order valence-corrected chi connectivity index (χ3v) is 2.23. The van der Waals surface area contributed by atoms with Gasteiger partial charge in [0.2, 0.25) is 0 Å². The van der Waals surface area contributed by atoms with Crippen LogP contribution in [0.25, 0.3) is 0 Å². The van der Waals surface area contributed by atoms with Gasteiger partial charge in [0.05, 0.1) is 12.7 Å². The van der Waals surface area contributed by atoms with E-state index < -0.39 is 11.6 Å². The van der Waals surface area contributed by atoms with Gasteiger partial charge in [-0.15, -0.1) is 0 Å². The molecular formula is C12H14F2O. The Hall–Kier alpha value is -1.22. The van der Waals surface area contributed by atoms with Crippen LogP contribution in [0.15, 0.2) is 30.4 Å². The molecule has 0 fully saturated rings. The molecule has 3 heteroatoms. The molecule has 1 aromatic rings. The largest absolute Gasteiger partial charge is 0.369 e. The summed E-state index contributed by atoms with van der Waals surface area (Å²) in [6, 6.07) is 3.76. The van der Waals surface area contributed by atoms with E-state index >= 15 is 0 Å². The monoisotopic (exact) mass is 212 g/mol. The highest BCUT2D eigenvalue weighted by molar-refractivity contribution is 5.18. The number of halogens is 2. The van der Waals surface area contributed by atoms with Gasteiger partial charge in [-0.25, -0.2) is 8.78 Å². The van der Waals surface area contributed by atoms with E-state index in [-0.39, 0.29) is 18.3 Å². The highest BCUT2D eigenvalue weighted by Gasteiger charge is 2.10. The van der Waals surface area contributed by atoms with Crippen LogP contribution >= 0.6 is 0 Å². The molecule has 0 N–H and O–H groups in total. The molecule has 1 rings (SSSR count). The molecule has 0 saturated carbocycles. The van der Waals surface area contributed by atoms with E-state index in [1.807, 2.05) is 6.92 Å². The SMILES string of the molecule is C=C(C)[C@@H](C)OCc1c(F)cccc1F. The van der Waals surface area contributed by atoms with Crippen molar-refractivity contribution >= 4 is 0 Å². The second-order valence-electron chi connectivity index (χ2n) is 3.50. The lowest BCUT2D eigenvalue weighted by Gasteiger charge is -2.13. The number of ether oxygens (including phenoxy) is 1. The summed E-state index contributed by atoms with van der Waals surface area (Å²) in [5.41, 5.74) is 0.789. The fourth-order valence-corrected chi connectivity index (χ4v) is 1.02. The van der Waals surface area contributed by atoms with Crippen LogP contribution in [0.1, 0.15) is 19.4 Å². The summed E-state index contributed by atoms with van der Waals surface area (Å²) < 4.78 is 31.6. The van der Waals surface area contributed by atoms with Gasteiger partial charge in [-0.3, -0.25) is 0 Å². The Morgan fingerprint density at radius 3 is 2.40 bits per heavy atom. The highest BCUT2D eigenvalue weighted by Crippen LogP contribution is 2.15. The normalized spacial score (nSPS) is 12.5. The van der Waals surface area contributed by atoms with Gasteiger partial charge in [-0.1, -0.05) is 18.2 Å². The molecule has 0 unspecified atom stereocenters. The average Bonchev–Trinajstić information content (AvgIpc) is 2.16. The zero-order valence-electron chi connectivity index (χ0n) is 8.89. The Morgan fingerprint density at radius 1 is 1.40 bits per heavy atom. The molecule has 82 valence electrons. The van der Waals surface area contributed by atoms with Crippen LogP contribution < -0.4 is 0 Å². The molecule has 15 heavy (non-hydrogen) atoms. The summed E-state index contributed by atoms with van der Waals surface area (Å²) in [6.45, 7) is 7.22. The average molecular weight is 212 g/mol. The standard InChI is InChI=1S/C12H14F2O/c1-8(2)9(3)15-7-10-11(13)5-4-6-12(10)14/h4-6,9H,1,7H2,2-3H3/t9-/m1/s1. The van der Waals surface area contributed by atoms with Gasteiger partial charge in [0, 0.05) is 5.56 Å². The maximum absolute atomic E-state index is 13.2. The number of hydrogen-bond donors (Lipinski definition) is 0. The maximum Gasteiger partial charge on any atom is 0.131 e. The molecule has 0 saturated heterocycles. The zero-order valence-corrected chi connectivity index (χ0v) is 8.89. The second-order valence-corrected chi connectivity index (χ2v) is 3.50. The lowest BCUT2D eigenvalue weighted by atomic mass is 10.2. The molecule has 1 nitrogen and oxygen atoms in total. The number of hydrogen-bond acceptors (Lipinski definition) is 1. The molecule has 0 radical (unpaired) electrons. The minimum atomic E-state index is -0.580. The molecule has 0 aliphatic carbocycles. The van der Waals surface area contributed by atoms with Crippen molar-refractivity contribution in [2.45, 2.75) is 26.6 Å². The Balaban J connectivity index is 2.69. The van der Waals surface area contributed by atoms with E-state index in [2.05, 4.69) is 6.58 Å². The predicted molar refractivity (Wildman–Crippen MR) is 55.4 cm³/mol. The van der Waals surface area contributed by atoms with Gasteiger partial charge in [-0.2, -0.15) is 0 Å². The van der Waals surface area contributed by atoms with Gasteiger partial charge in [0.15, 0.2) is 0 Å². The first kappa shape index (κ1) is 11.9. The summed E-state index contributed by atoms with van der Waals surface area (Å²) in [5.74, 6) is -1.16. The van der Waals surface area contributed by atoms with E-state index in [4.69, 9.17) is 4.74 Å². The summed E-state index contributed by atoms with van der Waals surface area (Å²) in [4.78, 5) is 0. The summed E-state index contributed by atoms with van der Waals surface area (Å²) in [6.07, 6.45) is -0.205. The van der Waals surface area contributed by atoms with Crippen LogP contribution in [0.2, 0.25) is 0 Å². The van der Waals surface area contributed by atoms with E-state index in [0.29, 0.717) is 0 Å². The predicted octanol–water partition coefficient (Wildman–Crippen LogP) is 3.45. The molecule has 0 aliphatic heterocycles. The molecule has 0 spiro atoms. The molecule has 0 aromatic heterocycles. The van der Waals surface area contributed by atoms with Gasteiger partial charge >= 0.3 is 0 Å². The lowest BCUT2D eigenvalue weighted by Crippen LogP contribution is -2.10. The van der Waals surface area contributed by atoms with Crippen LogP contribution in [-0.2, 0) is 11.3 Å². The Bertz CT molecular complexity index is 340. The van der Waals surface area contributed by atoms with E-state index in [9.17, 15) is 8.78 Å². The third-order valence-electron chi connectivity index (χ3n) is 2.23. The Labute approximate surface area is 88.4 Å². The Morgan fingerprint density at radius 2 is 1.93 bits per heavy atom. The molecule has 0 aliphatic rings. The molecule has 1 atom stereocenters. The van der Waals surface area contributed by atoms with E-state index in [0.717, 1.165) is 5.57 Å². The van der Waals surface area contributed by atoms with Crippen molar-refractivity contribution in [3.05, 3.63) is 47.5 Å². The van der Waals surface area contributed by atoms with Crippen LogP contribution in [0.4, 0.5) is 8.78 Å². The summed E-state index contributed by atoms with van der Waals surface area (Å²) >= 11 is 0. The van der Waals surface area contributed by atoms with Gasteiger partial charge in [0.25, 0.3) is 0 Å². The van der Waals surface area contributed by atoms with Crippen molar-refractivity contribution in [2.75, 3.05) is 0 Å². The molecule has 0 amide bonds. The second kappa shape index (κ2) is 5.03. The van der Waals surface area contributed by atoms with Crippen LogP contribution in [0.3, 0.4) is 0 Å². The van der Waals surface area contributed by atoms with Crippen LogP contribution in [-0.4, -0.2) is 6.10 Å². The third kappa shape index (κ3) is 3.13. The van der Waals surface area contributed by atoms with Crippen molar-refractivity contribution in [1.82, 2.24) is 0 Å². The molecule has 0 bridgehead atoms. The van der Waals surface area contributed by atoms with E-state index in [1.54, 1.807) is 6.92 Å². The summed E-state index contributed by atoms with van der Waals surface area (Å²) in [5, 5.41) is 0. The van der Waals surface area contributed by atoms with E-state index in [1.165, 1.54) is 18.2 Å². The van der Waals surface area contributed by atoms with Crippen molar-refractivity contribution in [1.29, 1.82) is 0 Å². The van der Waals surface area contributed by atoms with Crippen LogP contribution in [0.5, 0.6) is 0 Å². The highest BCUT2D eigenvalue weighted by atomic mass is 19.1. The Kier molecular flexibility index (Phi) is 3.97. The minimum Gasteiger partial charge on any atom is -0.369 e. The van der Waals surface area contributed by atoms with Crippen molar-refractivity contribution in [3.8, 4) is 0 Å². The van der Waals surface area contributed by atoms with Crippen molar-refractivity contribution in [3.63, 3.8) is 0 Å². The smallest absolute Gasteiger partial charge is 0.131 e. The van der Waals surface area contributed by atoms with Gasteiger partial charge in [-0.05, 0) is 26.0 Å². The van der Waals surface area contributed by atoms with Crippen molar-refractivity contribution in [2.24, 2.45) is 0 Å². The topological polar surface area (TPSA) is 9.23 Å². The number of benzene rings is 1. The number of rotatable bonds is 4. The summed E-state index contributed by atoms with van der Waals surface area (Å²) in [7, 11) is 0. The van der Waals surface area contributed by atoms with Gasteiger partial charge in [0.1, 0.15) is 11.6 Å². The zero-order chi connectivity index (χ0) is 11.4. The fourth-order valence-electron chi connectivity index (χ4n) is 1.02. The molecule has 0 heterocycles. The first-order valence-corrected chi connectivity index (χ1v) is 4.72. The van der Waals surface area contributed by atoms with Crippen LogP contribution in [0, 0.1) is 11.6 Å². The maximum atomic E-state index is 13.2. The fraction of sp³-hybridized carbons (Fsp3) is 0.333. The first-order chi connectivity index (χ1) is 7.02. The molecular weight excluding hydrogens is 198 g/mol. The quantitative estimate of drug-likeness (QED) is 0.694. The van der Waals surface area contributed by atoms with Crippen molar-refractivity contribution < 1.29 is 13.5 Å². The lowest BCUT2D eigenvalue weighted by molar-refractivity contribution is 0.0729. The first-order valence-electron chi connectivity index (χ1n) is 4.72. The minimum absolute atomic E-state index is 0.0365. The molecule has 1 aromatic carbocycles. The van der Waals surface area contributed by atoms with Gasteiger partial charge < -0.3 is 4.74 Å².